The molecule has 0 heterocycles. The number of aliphatic hydroxyl groups is 2. The summed E-state index contributed by atoms with van der Waals surface area (Å²) in [6.45, 7) is 13.6. The van der Waals surface area contributed by atoms with Gasteiger partial charge in [0, 0.05) is 5.41 Å². The zero-order chi connectivity index (χ0) is 26.3. The van der Waals surface area contributed by atoms with Crippen molar-refractivity contribution in [3.63, 3.8) is 0 Å². The Morgan fingerprint density at radius 1 is 0.889 bits per heavy atom. The highest BCUT2D eigenvalue weighted by Gasteiger charge is 2.72. The van der Waals surface area contributed by atoms with Gasteiger partial charge in [-0.25, -0.2) is 0 Å². The summed E-state index contributed by atoms with van der Waals surface area (Å²) in [5.41, 5.74) is -0.244. The fourth-order valence-electron chi connectivity index (χ4n) is 11.7. The average molecular weight is 502 g/mol. The van der Waals surface area contributed by atoms with Gasteiger partial charge in [-0.15, -0.1) is 0 Å². The summed E-state index contributed by atoms with van der Waals surface area (Å²) in [7, 11) is 0. The monoisotopic (exact) mass is 501 g/mol. The second-order valence-corrected chi connectivity index (χ2v) is 14.4. The normalized spacial score (nSPS) is 53.9. The third-order valence-corrected chi connectivity index (χ3v) is 13.8. The van der Waals surface area contributed by atoms with E-state index in [-0.39, 0.29) is 53.3 Å². The Kier molecular flexibility index (Phi) is 6.12. The summed E-state index contributed by atoms with van der Waals surface area (Å²) in [5, 5.41) is 34.5. The van der Waals surface area contributed by atoms with Crippen LogP contribution < -0.4 is 0 Å². The first kappa shape index (κ1) is 26.3. The molecule has 0 aromatic rings. The molecule has 0 radical (unpaired) electrons. The standard InChI is InChI=1S/C30H47NO5/c1-18(16-32)19-8-13-30(25(34)35)15-14-28(4)20(24(19)30)6-7-22-26(2)11-10-23(31-36)27(3,17-33)21(26)9-12-29(22,28)5/h19-24,32-33H,1,6-17H2,2-5H3,(H,34,35)/t19-,20+,21+,22+,23?,24+,26-,27?,28+,29+,30-/m0/s1. The number of hydrogen-bond acceptors (Lipinski definition) is 5. The van der Waals surface area contributed by atoms with E-state index in [4.69, 9.17) is 0 Å². The second-order valence-electron chi connectivity index (χ2n) is 14.4. The van der Waals surface area contributed by atoms with Gasteiger partial charge < -0.3 is 15.3 Å². The molecule has 0 saturated heterocycles. The van der Waals surface area contributed by atoms with Gasteiger partial charge in [-0.05, 0) is 116 Å². The summed E-state index contributed by atoms with van der Waals surface area (Å²) >= 11 is 0. The highest BCUT2D eigenvalue weighted by Crippen LogP contribution is 2.77. The Balaban J connectivity index is 1.56. The van der Waals surface area contributed by atoms with E-state index in [0.717, 1.165) is 56.9 Å². The molecule has 5 aliphatic carbocycles. The molecule has 3 N–H and O–H groups in total. The molecular formula is C30H47NO5. The van der Waals surface area contributed by atoms with E-state index in [9.17, 15) is 25.0 Å². The van der Waals surface area contributed by atoms with Gasteiger partial charge in [-0.1, -0.05) is 39.5 Å². The molecule has 5 fully saturated rings. The molecule has 0 spiro atoms. The first-order chi connectivity index (χ1) is 16.9. The number of nitroso groups, excluding NO2 is 1. The maximum atomic E-state index is 12.8. The van der Waals surface area contributed by atoms with Crippen molar-refractivity contribution in [1.29, 1.82) is 0 Å². The molecule has 0 amide bonds. The maximum Gasteiger partial charge on any atom is 0.309 e. The van der Waals surface area contributed by atoms with E-state index in [0.29, 0.717) is 24.7 Å². The molecule has 0 aromatic heterocycles. The van der Waals surface area contributed by atoms with E-state index in [2.05, 4.69) is 39.5 Å². The van der Waals surface area contributed by atoms with Crippen LogP contribution in [0.4, 0.5) is 0 Å². The van der Waals surface area contributed by atoms with Crippen LogP contribution in [-0.2, 0) is 4.79 Å². The Morgan fingerprint density at radius 2 is 1.61 bits per heavy atom. The lowest BCUT2D eigenvalue weighted by Crippen LogP contribution is -2.67. The fraction of sp³-hybridized carbons (Fsp3) is 0.900. The minimum Gasteiger partial charge on any atom is -0.481 e. The quantitative estimate of drug-likeness (QED) is 0.326. The molecule has 6 heteroatoms. The zero-order valence-electron chi connectivity index (χ0n) is 22.8. The van der Waals surface area contributed by atoms with Crippen molar-refractivity contribution in [1.82, 2.24) is 0 Å². The predicted octanol–water partition coefficient (Wildman–Crippen LogP) is 5.81. The van der Waals surface area contributed by atoms with Crippen LogP contribution in [0.5, 0.6) is 0 Å². The number of hydrogen-bond donors (Lipinski definition) is 3. The largest absolute Gasteiger partial charge is 0.481 e. The maximum absolute atomic E-state index is 12.8. The lowest BCUT2D eigenvalue weighted by Gasteiger charge is -2.72. The number of fused-ring (bicyclic) bond motifs is 7. The van der Waals surface area contributed by atoms with Crippen molar-refractivity contribution in [2.75, 3.05) is 13.2 Å². The minimum atomic E-state index is -0.694. The smallest absolute Gasteiger partial charge is 0.309 e. The van der Waals surface area contributed by atoms with Gasteiger partial charge in [-0.2, -0.15) is 4.91 Å². The molecule has 11 atom stereocenters. The number of carboxylic acid groups (broad SMARTS) is 1. The summed E-state index contributed by atoms with van der Waals surface area (Å²) in [4.78, 5) is 24.6. The van der Waals surface area contributed by atoms with Crippen LogP contribution in [0.3, 0.4) is 0 Å². The second kappa shape index (κ2) is 8.36. The van der Waals surface area contributed by atoms with Gasteiger partial charge in [0.1, 0.15) is 0 Å². The van der Waals surface area contributed by atoms with Gasteiger partial charge in [0.25, 0.3) is 0 Å². The molecule has 0 bridgehead atoms. The van der Waals surface area contributed by atoms with Crippen LogP contribution in [0.15, 0.2) is 17.3 Å². The van der Waals surface area contributed by atoms with Crippen molar-refractivity contribution in [3.8, 4) is 0 Å². The number of rotatable bonds is 5. The minimum absolute atomic E-state index is 0.00114. The zero-order valence-corrected chi connectivity index (χ0v) is 22.8. The number of carboxylic acids is 1. The van der Waals surface area contributed by atoms with Crippen LogP contribution in [0, 0.1) is 61.6 Å². The molecule has 2 unspecified atom stereocenters. The Morgan fingerprint density at radius 3 is 2.22 bits per heavy atom. The molecular weight excluding hydrogens is 454 g/mol. The number of carbonyl (C=O) groups is 1. The molecule has 5 rings (SSSR count). The highest BCUT2D eigenvalue weighted by molar-refractivity contribution is 5.76. The lowest BCUT2D eigenvalue weighted by atomic mass is 9.32. The third kappa shape index (κ3) is 3.00. The molecule has 202 valence electrons. The van der Waals surface area contributed by atoms with Gasteiger partial charge in [-0.3, -0.25) is 4.79 Å². The molecule has 0 aromatic carbocycles. The summed E-state index contributed by atoms with van der Waals surface area (Å²) < 4.78 is 0. The van der Waals surface area contributed by atoms with E-state index in [1.807, 2.05) is 0 Å². The lowest BCUT2D eigenvalue weighted by molar-refractivity contribution is -0.243. The Bertz CT molecular complexity index is 952. The summed E-state index contributed by atoms with van der Waals surface area (Å²) in [5.74, 6) is 0.506. The molecule has 5 saturated carbocycles. The van der Waals surface area contributed by atoms with Crippen molar-refractivity contribution in [3.05, 3.63) is 17.1 Å². The molecule has 5 aliphatic rings. The predicted molar refractivity (Wildman–Crippen MR) is 139 cm³/mol. The average Bonchev–Trinajstić information content (AvgIpc) is 3.25. The van der Waals surface area contributed by atoms with Crippen molar-refractivity contribution in [2.45, 2.75) is 97.9 Å². The SMILES string of the molecule is C=C(CO)[C@@H]1CC[C@]2(C(=O)O)CC[C@]3(C)[C@H](CC[C@@H]4[C@@]5(C)CCC(N=O)C(C)(CO)[C@@H]5CC[C@]43C)[C@@H]12. The topological polar surface area (TPSA) is 107 Å². The first-order valence-corrected chi connectivity index (χ1v) is 14.3. The Hall–Kier alpha value is -1.27. The number of aliphatic hydroxyl groups excluding tert-OH is 2. The number of nitrogens with zero attached hydrogens (tertiary/aromatic N) is 1. The van der Waals surface area contributed by atoms with Crippen LogP contribution in [0.1, 0.15) is 91.9 Å². The van der Waals surface area contributed by atoms with Crippen LogP contribution in [0.2, 0.25) is 0 Å². The van der Waals surface area contributed by atoms with Gasteiger partial charge in [0.05, 0.1) is 24.7 Å². The van der Waals surface area contributed by atoms with Crippen LogP contribution in [0.25, 0.3) is 0 Å². The van der Waals surface area contributed by atoms with Crippen LogP contribution in [-0.4, -0.2) is 40.5 Å². The summed E-state index contributed by atoms with van der Waals surface area (Å²) in [6, 6.07) is -0.327. The first-order valence-electron chi connectivity index (χ1n) is 14.3. The van der Waals surface area contributed by atoms with Gasteiger partial charge >= 0.3 is 5.97 Å². The number of aliphatic carboxylic acids is 1. The highest BCUT2D eigenvalue weighted by atomic mass is 16.4. The molecule has 6 nitrogen and oxygen atoms in total. The van der Waals surface area contributed by atoms with Gasteiger partial charge in [0.15, 0.2) is 0 Å². The summed E-state index contributed by atoms with van der Waals surface area (Å²) in [6.07, 6.45) is 8.97. The van der Waals surface area contributed by atoms with Gasteiger partial charge in [0.2, 0.25) is 0 Å². The van der Waals surface area contributed by atoms with E-state index in [1.54, 1.807) is 0 Å². The molecule has 36 heavy (non-hydrogen) atoms. The van der Waals surface area contributed by atoms with E-state index in [1.165, 1.54) is 0 Å². The van der Waals surface area contributed by atoms with E-state index < -0.39 is 16.8 Å². The van der Waals surface area contributed by atoms with Crippen LogP contribution >= 0.6 is 0 Å². The van der Waals surface area contributed by atoms with Crippen molar-refractivity contribution >= 4 is 5.97 Å². The third-order valence-electron chi connectivity index (χ3n) is 13.8. The van der Waals surface area contributed by atoms with E-state index >= 15 is 0 Å². The molecule has 0 aliphatic heterocycles. The fourth-order valence-corrected chi connectivity index (χ4v) is 11.7. The van der Waals surface area contributed by atoms with Crippen molar-refractivity contribution in [2.24, 2.45) is 61.8 Å². The van der Waals surface area contributed by atoms with Crippen molar-refractivity contribution < 1.29 is 20.1 Å². The Labute approximate surface area is 216 Å².